The Morgan fingerprint density at radius 2 is 1.90 bits per heavy atom. The molecule has 2 amide bonds. The van der Waals surface area contributed by atoms with Crippen molar-refractivity contribution in [1.82, 2.24) is 9.88 Å². The molecule has 0 spiro atoms. The first-order valence-electron chi connectivity index (χ1n) is 6.29. The second-order valence-electron chi connectivity index (χ2n) is 4.44. The largest absolute Gasteiger partial charge is 0.333 e. The number of anilines is 1. The summed E-state index contributed by atoms with van der Waals surface area (Å²) < 4.78 is 0. The van der Waals surface area contributed by atoms with E-state index in [9.17, 15) is 9.59 Å². The van der Waals surface area contributed by atoms with Gasteiger partial charge in [-0.25, -0.2) is 4.98 Å². The molecule has 0 saturated heterocycles. The molecule has 2 rings (SSSR count). The Balaban J connectivity index is 1.99. The third-order valence-corrected chi connectivity index (χ3v) is 3.11. The zero-order valence-electron chi connectivity index (χ0n) is 11.4. The van der Waals surface area contributed by atoms with Crippen LogP contribution in [0.15, 0.2) is 48.7 Å². The predicted octanol–water partition coefficient (Wildman–Crippen LogP) is 2.33. The maximum absolute atomic E-state index is 12.0. The summed E-state index contributed by atoms with van der Waals surface area (Å²) in [4.78, 5) is 29.1. The Hall–Kier alpha value is -2.40. The van der Waals surface area contributed by atoms with Crippen LogP contribution in [-0.4, -0.2) is 28.7 Å². The van der Waals surface area contributed by atoms with Gasteiger partial charge in [-0.15, -0.1) is 0 Å². The zero-order chi connectivity index (χ0) is 15.2. The van der Waals surface area contributed by atoms with Crippen LogP contribution >= 0.6 is 11.6 Å². The van der Waals surface area contributed by atoms with Gasteiger partial charge in [-0.05, 0) is 17.7 Å². The Morgan fingerprint density at radius 3 is 2.57 bits per heavy atom. The molecule has 5 nitrogen and oxygen atoms in total. The van der Waals surface area contributed by atoms with E-state index in [1.54, 1.807) is 19.2 Å². The molecule has 0 aliphatic heterocycles. The number of nitrogens with one attached hydrogen (secondary N) is 1. The highest BCUT2D eigenvalue weighted by Crippen LogP contribution is 2.17. The number of likely N-dealkylation sites (N-methyl/N-ethyl adjacent to an activating group) is 1. The van der Waals surface area contributed by atoms with Crippen LogP contribution in [0, 0.1) is 0 Å². The van der Waals surface area contributed by atoms with Crippen LogP contribution in [0.4, 0.5) is 5.69 Å². The number of halogens is 1. The highest BCUT2D eigenvalue weighted by molar-refractivity contribution is 6.41. The van der Waals surface area contributed by atoms with Crippen LogP contribution in [-0.2, 0) is 16.1 Å². The molecule has 1 aromatic carbocycles. The van der Waals surface area contributed by atoms with Gasteiger partial charge in [0, 0.05) is 19.8 Å². The van der Waals surface area contributed by atoms with E-state index in [1.807, 2.05) is 30.3 Å². The lowest BCUT2D eigenvalue weighted by Gasteiger charge is -2.16. The molecular weight excluding hydrogens is 290 g/mol. The van der Waals surface area contributed by atoms with E-state index in [1.165, 1.54) is 11.1 Å². The molecular formula is C15H14ClN3O2. The number of nitrogens with zero attached hydrogens (tertiary/aromatic N) is 2. The van der Waals surface area contributed by atoms with Gasteiger partial charge >= 0.3 is 11.8 Å². The van der Waals surface area contributed by atoms with E-state index >= 15 is 0 Å². The van der Waals surface area contributed by atoms with Gasteiger partial charge in [-0.2, -0.15) is 0 Å². The number of pyridine rings is 1. The van der Waals surface area contributed by atoms with Crippen LogP contribution in [0.2, 0.25) is 5.15 Å². The van der Waals surface area contributed by atoms with Gasteiger partial charge in [0.1, 0.15) is 0 Å². The van der Waals surface area contributed by atoms with E-state index in [0.717, 1.165) is 5.56 Å². The Kier molecular flexibility index (Phi) is 4.90. The van der Waals surface area contributed by atoms with Gasteiger partial charge in [0.2, 0.25) is 0 Å². The van der Waals surface area contributed by atoms with E-state index in [-0.39, 0.29) is 5.15 Å². The fourth-order valence-electron chi connectivity index (χ4n) is 1.76. The molecule has 6 heteroatoms. The summed E-state index contributed by atoms with van der Waals surface area (Å²) in [6.07, 6.45) is 1.50. The number of carbonyl (C=O) groups is 2. The van der Waals surface area contributed by atoms with Gasteiger partial charge in [0.15, 0.2) is 5.15 Å². The molecule has 21 heavy (non-hydrogen) atoms. The lowest BCUT2D eigenvalue weighted by atomic mass is 10.2. The first-order valence-corrected chi connectivity index (χ1v) is 6.66. The number of aromatic nitrogens is 1. The highest BCUT2D eigenvalue weighted by atomic mass is 35.5. The molecule has 2 aromatic rings. The Morgan fingerprint density at radius 1 is 1.19 bits per heavy atom. The summed E-state index contributed by atoms with van der Waals surface area (Å²) >= 11 is 5.83. The smallest absolute Gasteiger partial charge is 0.313 e. The molecule has 0 bridgehead atoms. The number of rotatable bonds is 3. The van der Waals surface area contributed by atoms with Gasteiger partial charge in [-0.1, -0.05) is 41.9 Å². The van der Waals surface area contributed by atoms with Gasteiger partial charge in [0.25, 0.3) is 0 Å². The zero-order valence-corrected chi connectivity index (χ0v) is 12.2. The molecule has 108 valence electrons. The van der Waals surface area contributed by atoms with Gasteiger partial charge in [-0.3, -0.25) is 9.59 Å². The monoisotopic (exact) mass is 303 g/mol. The molecule has 1 N–H and O–H groups in total. The van der Waals surface area contributed by atoms with Crippen LogP contribution < -0.4 is 5.32 Å². The van der Waals surface area contributed by atoms with Crippen molar-refractivity contribution in [3.63, 3.8) is 0 Å². The van der Waals surface area contributed by atoms with E-state index in [4.69, 9.17) is 11.6 Å². The average molecular weight is 304 g/mol. The standard InChI is InChI=1S/C15H14ClN3O2/c1-19(10-11-6-3-2-4-7-11)15(21)14(20)18-12-8-5-9-17-13(12)16/h2-9H,10H2,1H3,(H,18,20). The quantitative estimate of drug-likeness (QED) is 0.699. The minimum absolute atomic E-state index is 0.143. The van der Waals surface area contributed by atoms with E-state index < -0.39 is 11.8 Å². The summed E-state index contributed by atoms with van der Waals surface area (Å²) in [5.74, 6) is -1.39. The predicted molar refractivity (Wildman–Crippen MR) is 80.8 cm³/mol. The minimum Gasteiger partial charge on any atom is -0.333 e. The molecule has 0 radical (unpaired) electrons. The normalized spacial score (nSPS) is 10.0. The van der Waals surface area contributed by atoms with Crippen molar-refractivity contribution in [2.24, 2.45) is 0 Å². The number of benzene rings is 1. The lowest BCUT2D eigenvalue weighted by molar-refractivity contribution is -0.142. The van der Waals surface area contributed by atoms with Crippen molar-refractivity contribution in [1.29, 1.82) is 0 Å². The topological polar surface area (TPSA) is 62.3 Å². The molecule has 0 unspecified atom stereocenters. The second kappa shape index (κ2) is 6.85. The van der Waals surface area contributed by atoms with Crippen molar-refractivity contribution in [2.45, 2.75) is 6.54 Å². The average Bonchev–Trinajstić information content (AvgIpc) is 2.49. The van der Waals surface area contributed by atoms with Crippen molar-refractivity contribution in [2.75, 3.05) is 12.4 Å². The van der Waals surface area contributed by atoms with Crippen molar-refractivity contribution < 1.29 is 9.59 Å². The summed E-state index contributed by atoms with van der Waals surface area (Å²) in [7, 11) is 1.57. The summed E-state index contributed by atoms with van der Waals surface area (Å²) in [6.45, 7) is 0.355. The van der Waals surface area contributed by atoms with Crippen LogP contribution in [0.1, 0.15) is 5.56 Å². The summed E-state index contributed by atoms with van der Waals surface area (Å²) in [5, 5.41) is 2.59. The first-order chi connectivity index (χ1) is 10.1. The molecule has 0 aliphatic rings. The van der Waals surface area contributed by atoms with E-state index in [0.29, 0.717) is 12.2 Å². The summed E-state index contributed by atoms with van der Waals surface area (Å²) in [5.41, 5.74) is 1.26. The lowest BCUT2D eigenvalue weighted by Crippen LogP contribution is -2.36. The number of hydrogen-bond donors (Lipinski definition) is 1. The van der Waals surface area contributed by atoms with Crippen LogP contribution in [0.3, 0.4) is 0 Å². The minimum atomic E-state index is -0.747. The second-order valence-corrected chi connectivity index (χ2v) is 4.80. The molecule has 0 fully saturated rings. The third-order valence-electron chi connectivity index (χ3n) is 2.81. The maximum atomic E-state index is 12.0. The van der Waals surface area contributed by atoms with Gasteiger partial charge < -0.3 is 10.2 Å². The fraction of sp³-hybridized carbons (Fsp3) is 0.133. The Bertz CT molecular complexity index is 646. The summed E-state index contributed by atoms with van der Waals surface area (Å²) in [6, 6.07) is 12.6. The highest BCUT2D eigenvalue weighted by Gasteiger charge is 2.19. The maximum Gasteiger partial charge on any atom is 0.313 e. The SMILES string of the molecule is CN(Cc1ccccc1)C(=O)C(=O)Nc1cccnc1Cl. The van der Waals surface area contributed by atoms with Crippen LogP contribution in [0.25, 0.3) is 0 Å². The molecule has 1 aromatic heterocycles. The first kappa shape index (κ1) is 15.0. The molecule has 1 heterocycles. The number of amides is 2. The Labute approximate surface area is 127 Å². The van der Waals surface area contributed by atoms with Crippen molar-refractivity contribution in [3.8, 4) is 0 Å². The number of carbonyl (C=O) groups excluding carboxylic acids is 2. The van der Waals surface area contributed by atoms with Crippen LogP contribution in [0.5, 0.6) is 0 Å². The third kappa shape index (κ3) is 4.03. The van der Waals surface area contributed by atoms with Gasteiger partial charge in [0.05, 0.1) is 5.69 Å². The molecule has 0 aliphatic carbocycles. The molecule has 0 atom stereocenters. The number of hydrogen-bond acceptors (Lipinski definition) is 3. The van der Waals surface area contributed by atoms with Crippen molar-refractivity contribution >= 4 is 29.1 Å². The fourth-order valence-corrected chi connectivity index (χ4v) is 1.92. The van der Waals surface area contributed by atoms with E-state index in [2.05, 4.69) is 10.3 Å². The van der Waals surface area contributed by atoms with Crippen molar-refractivity contribution in [3.05, 3.63) is 59.4 Å². The molecule has 0 saturated carbocycles.